The van der Waals surface area contributed by atoms with Crippen LogP contribution in [0.4, 0.5) is 0 Å². The van der Waals surface area contributed by atoms with Crippen LogP contribution in [0, 0.1) is 0 Å². The maximum Gasteiger partial charge on any atom is 0.0931 e. The second-order valence-corrected chi connectivity index (χ2v) is 7.67. The normalized spacial score (nSPS) is 26.7. The fourth-order valence-electron chi connectivity index (χ4n) is 3.44. The first-order chi connectivity index (χ1) is 9.26. The minimum absolute atomic E-state index is 0.196. The van der Waals surface area contributed by atoms with Crippen LogP contribution in [0.15, 0.2) is 12.1 Å². The molecule has 106 valence electrons. The van der Waals surface area contributed by atoms with Gasteiger partial charge < -0.3 is 10.1 Å². The largest absolute Gasteiger partial charge is 0.375 e. The third-order valence-electron chi connectivity index (χ3n) is 4.45. The number of ether oxygens (including phenoxy) is 1. The Morgan fingerprint density at radius 1 is 1.32 bits per heavy atom. The molecule has 1 saturated heterocycles. The van der Waals surface area contributed by atoms with Crippen LogP contribution in [-0.4, -0.2) is 18.2 Å². The Balaban J connectivity index is 1.53. The molecule has 0 radical (unpaired) electrons. The van der Waals surface area contributed by atoms with E-state index in [2.05, 4.69) is 11.4 Å². The van der Waals surface area contributed by atoms with Crippen LogP contribution in [-0.2, 0) is 11.3 Å². The average Bonchev–Trinajstić information content (AvgIpc) is 2.83. The highest BCUT2D eigenvalue weighted by Gasteiger charge is 2.38. The third-order valence-corrected chi connectivity index (χ3v) is 5.68. The van der Waals surface area contributed by atoms with Crippen molar-refractivity contribution in [2.75, 3.05) is 6.61 Å². The molecule has 1 N–H and O–H groups in total. The molecule has 2 aliphatic rings. The number of nitrogens with one attached hydrogen (secondary N) is 1. The predicted molar refractivity (Wildman–Crippen MR) is 81.0 cm³/mol. The van der Waals surface area contributed by atoms with Crippen molar-refractivity contribution in [1.82, 2.24) is 5.32 Å². The fourth-order valence-corrected chi connectivity index (χ4v) is 4.48. The number of hydrogen-bond acceptors (Lipinski definition) is 3. The van der Waals surface area contributed by atoms with Crippen molar-refractivity contribution in [3.8, 4) is 0 Å². The summed E-state index contributed by atoms with van der Waals surface area (Å²) in [6, 6.07) is 4.71. The quantitative estimate of drug-likeness (QED) is 0.894. The topological polar surface area (TPSA) is 21.3 Å². The fraction of sp³-hybridized carbons (Fsp3) is 0.733. The molecule has 4 heteroatoms. The van der Waals surface area contributed by atoms with E-state index in [0.29, 0.717) is 6.04 Å². The van der Waals surface area contributed by atoms with Gasteiger partial charge in [-0.1, -0.05) is 30.9 Å². The Hall–Kier alpha value is -0.0900. The number of rotatable bonds is 3. The van der Waals surface area contributed by atoms with E-state index >= 15 is 0 Å². The molecule has 3 rings (SSSR count). The maximum atomic E-state index is 6.13. The lowest BCUT2D eigenvalue weighted by atomic mass is 9.78. The molecular formula is C15H22ClNOS. The minimum Gasteiger partial charge on any atom is -0.375 e. The summed E-state index contributed by atoms with van der Waals surface area (Å²) >= 11 is 7.64. The number of halogens is 1. The van der Waals surface area contributed by atoms with Crippen molar-refractivity contribution in [1.29, 1.82) is 0 Å². The molecule has 1 aromatic rings. The monoisotopic (exact) mass is 299 g/mol. The van der Waals surface area contributed by atoms with Crippen molar-refractivity contribution in [2.24, 2.45) is 0 Å². The van der Waals surface area contributed by atoms with Gasteiger partial charge in [0, 0.05) is 24.1 Å². The summed E-state index contributed by atoms with van der Waals surface area (Å²) in [6.07, 6.45) is 8.91. The Labute approximate surface area is 124 Å². The second-order valence-electron chi connectivity index (χ2n) is 5.87. The molecule has 1 spiro atoms. The molecule has 1 atom stereocenters. The Kier molecular flexibility index (Phi) is 4.47. The third kappa shape index (κ3) is 3.52. The summed E-state index contributed by atoms with van der Waals surface area (Å²) in [5, 5.41) is 3.69. The van der Waals surface area contributed by atoms with Gasteiger partial charge in [0.1, 0.15) is 0 Å². The standard InChI is InChI=1S/C15H22ClNOS/c16-14-5-4-13(19-14)11-17-12-6-9-18-15(10-12)7-2-1-3-8-15/h4-5,12,17H,1-3,6-11H2. The van der Waals surface area contributed by atoms with Crippen LogP contribution in [0.1, 0.15) is 49.8 Å². The van der Waals surface area contributed by atoms with E-state index in [1.165, 1.54) is 43.4 Å². The molecule has 2 heterocycles. The molecule has 0 bridgehead atoms. The summed E-state index contributed by atoms with van der Waals surface area (Å²) in [7, 11) is 0. The molecule has 1 aliphatic carbocycles. The summed E-state index contributed by atoms with van der Waals surface area (Å²) in [4.78, 5) is 1.33. The molecule has 1 aliphatic heterocycles. The smallest absolute Gasteiger partial charge is 0.0931 e. The Morgan fingerprint density at radius 3 is 2.89 bits per heavy atom. The molecular weight excluding hydrogens is 278 g/mol. The van der Waals surface area contributed by atoms with Crippen LogP contribution in [0.2, 0.25) is 4.34 Å². The van der Waals surface area contributed by atoms with Gasteiger partial charge in [-0.25, -0.2) is 0 Å². The molecule has 0 aromatic carbocycles. The molecule has 1 aromatic heterocycles. The van der Waals surface area contributed by atoms with Gasteiger partial charge >= 0.3 is 0 Å². The zero-order chi connectivity index (χ0) is 13.1. The number of hydrogen-bond donors (Lipinski definition) is 1. The van der Waals surface area contributed by atoms with E-state index < -0.39 is 0 Å². The highest BCUT2D eigenvalue weighted by atomic mass is 35.5. The molecule has 1 saturated carbocycles. The van der Waals surface area contributed by atoms with Gasteiger partial charge in [-0.2, -0.15) is 0 Å². The van der Waals surface area contributed by atoms with Crippen LogP contribution in [0.25, 0.3) is 0 Å². The molecule has 2 nitrogen and oxygen atoms in total. The van der Waals surface area contributed by atoms with Gasteiger partial charge in [-0.15, -0.1) is 11.3 Å². The first-order valence-electron chi connectivity index (χ1n) is 7.37. The van der Waals surface area contributed by atoms with E-state index in [9.17, 15) is 0 Å². The van der Waals surface area contributed by atoms with Gasteiger partial charge in [-0.3, -0.25) is 0 Å². The molecule has 0 amide bonds. The van der Waals surface area contributed by atoms with Crippen molar-refractivity contribution < 1.29 is 4.74 Å². The van der Waals surface area contributed by atoms with Gasteiger partial charge in [0.05, 0.1) is 9.94 Å². The first kappa shape index (κ1) is 13.9. The van der Waals surface area contributed by atoms with Crippen molar-refractivity contribution in [3.05, 3.63) is 21.3 Å². The minimum atomic E-state index is 0.196. The van der Waals surface area contributed by atoms with E-state index in [-0.39, 0.29) is 5.60 Å². The van der Waals surface area contributed by atoms with Crippen LogP contribution < -0.4 is 5.32 Å². The average molecular weight is 300 g/mol. The lowest BCUT2D eigenvalue weighted by Crippen LogP contribution is -2.47. The number of thiophene rings is 1. The van der Waals surface area contributed by atoms with Gasteiger partial charge in [0.2, 0.25) is 0 Å². The Bertz CT molecular complexity index is 409. The van der Waals surface area contributed by atoms with Crippen LogP contribution in [0.5, 0.6) is 0 Å². The SMILES string of the molecule is Clc1ccc(CNC2CCOC3(CCCCC3)C2)s1. The highest BCUT2D eigenvalue weighted by molar-refractivity contribution is 7.16. The van der Waals surface area contributed by atoms with Gasteiger partial charge in [0.15, 0.2) is 0 Å². The van der Waals surface area contributed by atoms with Crippen LogP contribution >= 0.6 is 22.9 Å². The summed E-state index contributed by atoms with van der Waals surface area (Å²) in [5.41, 5.74) is 0.196. The lowest BCUT2D eigenvalue weighted by molar-refractivity contribution is -0.109. The van der Waals surface area contributed by atoms with Crippen molar-refractivity contribution in [3.63, 3.8) is 0 Å². The van der Waals surface area contributed by atoms with E-state index in [1.807, 2.05) is 6.07 Å². The molecule has 2 fully saturated rings. The molecule has 19 heavy (non-hydrogen) atoms. The highest BCUT2D eigenvalue weighted by Crippen LogP contribution is 2.38. The van der Waals surface area contributed by atoms with Gasteiger partial charge in [-0.05, 0) is 37.8 Å². The van der Waals surface area contributed by atoms with E-state index in [4.69, 9.17) is 16.3 Å². The van der Waals surface area contributed by atoms with Crippen molar-refractivity contribution >= 4 is 22.9 Å². The van der Waals surface area contributed by atoms with Gasteiger partial charge in [0.25, 0.3) is 0 Å². The van der Waals surface area contributed by atoms with Crippen LogP contribution in [0.3, 0.4) is 0 Å². The van der Waals surface area contributed by atoms with E-state index in [1.54, 1.807) is 11.3 Å². The van der Waals surface area contributed by atoms with Crippen molar-refractivity contribution in [2.45, 2.75) is 63.1 Å². The lowest BCUT2D eigenvalue weighted by Gasteiger charge is -2.43. The predicted octanol–water partition coefficient (Wildman–Crippen LogP) is 4.37. The summed E-state index contributed by atoms with van der Waals surface area (Å²) < 4.78 is 7.02. The zero-order valence-electron chi connectivity index (χ0n) is 11.3. The van der Waals surface area contributed by atoms with E-state index in [0.717, 1.165) is 23.9 Å². The summed E-state index contributed by atoms with van der Waals surface area (Å²) in [6.45, 7) is 1.86. The second kappa shape index (κ2) is 6.13. The Morgan fingerprint density at radius 2 is 2.16 bits per heavy atom. The first-order valence-corrected chi connectivity index (χ1v) is 8.57. The zero-order valence-corrected chi connectivity index (χ0v) is 12.9. The molecule has 1 unspecified atom stereocenters. The maximum absolute atomic E-state index is 6.13. The summed E-state index contributed by atoms with van der Waals surface area (Å²) in [5.74, 6) is 0.